The number of hydrogen-bond acceptors (Lipinski definition) is 2. The van der Waals surface area contributed by atoms with Crippen molar-refractivity contribution < 1.29 is 21.6 Å². The summed E-state index contributed by atoms with van der Waals surface area (Å²) in [6, 6.07) is 0. The Labute approximate surface area is 35.3 Å². The molecule has 0 rings (SSSR count). The van der Waals surface area contributed by atoms with Crippen molar-refractivity contribution in [3.05, 3.63) is 0 Å². The summed E-state index contributed by atoms with van der Waals surface area (Å²) in [6.45, 7) is 0. The van der Waals surface area contributed by atoms with Crippen molar-refractivity contribution in [2.75, 3.05) is 0 Å². The van der Waals surface area contributed by atoms with Gasteiger partial charge in [0.25, 0.3) is 0 Å². The van der Waals surface area contributed by atoms with Gasteiger partial charge in [-0.15, -0.1) is 0 Å². The molecule has 33 valence electrons. The molecular formula is CH3CoO2P. The molecule has 4 heteroatoms. The summed E-state index contributed by atoms with van der Waals surface area (Å²) >= 11 is -1.41. The summed E-state index contributed by atoms with van der Waals surface area (Å²) in [5, 5.41) is 0. The van der Waals surface area contributed by atoms with Crippen LogP contribution in [-0.4, -0.2) is 0 Å². The van der Waals surface area contributed by atoms with Crippen LogP contribution in [0, 0.1) is 0 Å². The van der Waals surface area contributed by atoms with Crippen LogP contribution in [0.1, 0.15) is 0 Å². The van der Waals surface area contributed by atoms with Crippen molar-refractivity contribution in [1.29, 1.82) is 0 Å². The van der Waals surface area contributed by atoms with E-state index in [1.165, 1.54) is 5.86 Å². The zero-order chi connectivity index (χ0) is 4.28. The van der Waals surface area contributed by atoms with Crippen LogP contribution in [0.25, 0.3) is 0 Å². The van der Waals surface area contributed by atoms with Crippen molar-refractivity contribution in [1.82, 2.24) is 0 Å². The molecule has 0 aliphatic heterocycles. The van der Waals surface area contributed by atoms with Crippen LogP contribution >= 0.6 is 7.19 Å². The first kappa shape index (κ1) is 5.41. The molecule has 0 fully saturated rings. The summed E-state index contributed by atoms with van der Waals surface area (Å²) in [5.74, 6) is 1.40. The van der Waals surface area contributed by atoms with Gasteiger partial charge >= 0.3 is 34.6 Å². The zero-order valence-electron chi connectivity index (χ0n) is 2.60. The first-order valence-electron chi connectivity index (χ1n) is 0.801. The van der Waals surface area contributed by atoms with Gasteiger partial charge in [0.2, 0.25) is 0 Å². The summed E-state index contributed by atoms with van der Waals surface area (Å²) in [5.41, 5.74) is 0. The van der Waals surface area contributed by atoms with Crippen molar-refractivity contribution in [3.8, 4) is 0 Å². The maximum absolute atomic E-state index is 9.63. The van der Waals surface area contributed by atoms with E-state index in [2.05, 4.69) is 0 Å². The van der Waals surface area contributed by atoms with Crippen LogP contribution in [0.15, 0.2) is 0 Å². The van der Waals surface area contributed by atoms with Gasteiger partial charge in [-0.05, 0) is 0 Å². The summed E-state index contributed by atoms with van der Waals surface area (Å²) in [6.07, 6.45) is 0. The van der Waals surface area contributed by atoms with E-state index < -0.39 is 13.1 Å². The molecule has 0 radical (unpaired) electrons. The van der Waals surface area contributed by atoms with Gasteiger partial charge in [-0.3, -0.25) is 0 Å². The van der Waals surface area contributed by atoms with E-state index in [9.17, 15) is 8.43 Å². The summed E-state index contributed by atoms with van der Waals surface area (Å²) < 4.78 is 19.0. The van der Waals surface area contributed by atoms with Crippen LogP contribution in [0.3, 0.4) is 0 Å². The van der Waals surface area contributed by atoms with E-state index in [0.29, 0.717) is 0 Å². The predicted molar refractivity (Wildman–Crippen MR) is 14.2 cm³/mol. The molecule has 0 bridgehead atoms. The Hall–Kier alpha value is 0.406. The molecule has 0 aliphatic carbocycles. The molecule has 2 nitrogen and oxygen atoms in total. The topological polar surface area (TPSA) is 34.1 Å². The quantitative estimate of drug-likeness (QED) is 0.509. The Morgan fingerprint density at radius 3 is 2.00 bits per heavy atom. The fraction of sp³-hybridized carbons (Fsp3) is 1.00. The third kappa shape index (κ3) is 4.41. The molecule has 0 heterocycles. The third-order valence-corrected chi connectivity index (χ3v) is 1.06. The minimum absolute atomic E-state index is 0.246. The molecule has 0 aromatic carbocycles. The fourth-order valence-corrected chi connectivity index (χ4v) is 0. The van der Waals surface area contributed by atoms with Gasteiger partial charge in [0, 0.05) is 0 Å². The molecule has 0 saturated carbocycles. The van der Waals surface area contributed by atoms with Gasteiger partial charge in [0.15, 0.2) is 0 Å². The average Bonchev–Trinajstić information content (AvgIpc) is 1.38. The monoisotopic (exact) mass is 137 g/mol. The summed E-state index contributed by atoms with van der Waals surface area (Å²) in [4.78, 5) is 0. The van der Waals surface area contributed by atoms with Crippen LogP contribution in [0.2, 0.25) is 5.86 Å². The van der Waals surface area contributed by atoms with E-state index in [1.807, 2.05) is 0 Å². The average molecular weight is 137 g/mol. The Bertz CT molecular complexity index is 60.7. The van der Waals surface area contributed by atoms with Gasteiger partial charge in [-0.1, -0.05) is 0 Å². The Balaban J connectivity index is 3.20. The maximum atomic E-state index is 9.63. The predicted octanol–water partition coefficient (Wildman–Crippen LogP) is 1.20. The van der Waals surface area contributed by atoms with Crippen LogP contribution in [0.5, 0.6) is 0 Å². The standard InChI is InChI=1S/CH3.Co.OP.O/c;;1-2;/h1H3;;;/q;+1;-1;. The molecule has 0 atom stereocenters. The van der Waals surface area contributed by atoms with Crippen LogP contribution in [0.4, 0.5) is 0 Å². The molecule has 0 spiro atoms. The van der Waals surface area contributed by atoms with E-state index in [1.54, 1.807) is 0 Å². The van der Waals surface area contributed by atoms with Crippen molar-refractivity contribution in [2.24, 2.45) is 0 Å². The number of rotatable bonds is 1. The summed E-state index contributed by atoms with van der Waals surface area (Å²) in [7, 11) is -0.246. The van der Waals surface area contributed by atoms with E-state index >= 15 is 0 Å². The first-order chi connectivity index (χ1) is 2.27. The van der Waals surface area contributed by atoms with Crippen molar-refractivity contribution in [2.45, 2.75) is 5.86 Å². The molecule has 0 aromatic heterocycles. The van der Waals surface area contributed by atoms with Gasteiger partial charge in [0.1, 0.15) is 0 Å². The van der Waals surface area contributed by atoms with Crippen LogP contribution < -0.4 is 0 Å². The molecule has 0 unspecified atom stereocenters. The zero-order valence-corrected chi connectivity index (χ0v) is 4.53. The van der Waals surface area contributed by atoms with Crippen LogP contribution in [-0.2, 0) is 21.6 Å². The van der Waals surface area contributed by atoms with Gasteiger partial charge in [-0.2, -0.15) is 0 Å². The Morgan fingerprint density at radius 2 is 2.00 bits per heavy atom. The second kappa shape index (κ2) is 2.63. The molecule has 0 amide bonds. The van der Waals surface area contributed by atoms with Gasteiger partial charge < -0.3 is 0 Å². The molecule has 5 heavy (non-hydrogen) atoms. The van der Waals surface area contributed by atoms with Crippen molar-refractivity contribution >= 4 is 7.19 Å². The van der Waals surface area contributed by atoms with Gasteiger partial charge in [0.05, 0.1) is 0 Å². The first-order valence-corrected chi connectivity index (χ1v) is 4.33. The van der Waals surface area contributed by atoms with E-state index in [-0.39, 0.29) is 7.19 Å². The number of hydrogen-bond donors (Lipinski definition) is 0. The van der Waals surface area contributed by atoms with Crippen molar-refractivity contribution in [3.63, 3.8) is 0 Å². The Morgan fingerprint density at radius 1 is 1.80 bits per heavy atom. The minimum atomic E-state index is -1.41. The molecule has 0 aliphatic rings. The van der Waals surface area contributed by atoms with E-state index in [4.69, 9.17) is 0 Å². The van der Waals surface area contributed by atoms with Gasteiger partial charge in [-0.25, -0.2) is 0 Å². The molecule has 0 aromatic rings. The fourth-order valence-electron chi connectivity index (χ4n) is 0. The normalized spacial score (nSPS) is 11.8. The van der Waals surface area contributed by atoms with E-state index in [0.717, 1.165) is 0 Å². The third-order valence-electron chi connectivity index (χ3n) is 0.0857. The second-order valence-electron chi connectivity index (χ2n) is 0.407. The SMILES string of the molecule is [CH3][Co](=[O])[P]=O. The Kier molecular flexibility index (Phi) is 2.85. The second-order valence-corrected chi connectivity index (χ2v) is 3.91. The molecule has 0 saturated heterocycles. The molecule has 0 N–H and O–H groups in total. The molecular weight excluding hydrogens is 134 g/mol.